The number of hydrogen-bond acceptors (Lipinski definition) is 4. The molecule has 0 spiro atoms. The molecule has 0 aliphatic heterocycles. The smallest absolute Gasteiger partial charge is 0.171 e. The Morgan fingerprint density at radius 2 is 1.89 bits per heavy atom. The van der Waals surface area contributed by atoms with Gasteiger partial charge in [-0.15, -0.1) is 0 Å². The second kappa shape index (κ2) is 6.44. The van der Waals surface area contributed by atoms with Gasteiger partial charge in [0.05, 0.1) is 5.75 Å². The summed E-state index contributed by atoms with van der Waals surface area (Å²) in [7, 11) is -3.20. The number of benzene rings is 1. The van der Waals surface area contributed by atoms with E-state index in [0.717, 1.165) is 18.2 Å². The minimum atomic E-state index is -3.20. The molecule has 0 saturated carbocycles. The van der Waals surface area contributed by atoms with Crippen LogP contribution in [0.25, 0.3) is 6.08 Å². The maximum atomic E-state index is 11.6. The minimum Gasteiger partial charge on any atom is -0.504 e. The van der Waals surface area contributed by atoms with E-state index in [4.69, 9.17) is 5.11 Å². The van der Waals surface area contributed by atoms with Crippen molar-refractivity contribution in [1.82, 2.24) is 0 Å². The van der Waals surface area contributed by atoms with Crippen LogP contribution in [0.1, 0.15) is 31.7 Å². The van der Waals surface area contributed by atoms with Gasteiger partial charge in [-0.2, -0.15) is 0 Å². The standard InChI is InChI=1S/C13H18O4S/c1-2-3-4-8-18(16,17)9-7-11-5-6-12(14)13(15)10-11/h5-7,9-10,14-15H,2-4,8H2,1H3/b9-7+. The molecule has 0 heterocycles. The number of aromatic hydroxyl groups is 2. The van der Waals surface area contributed by atoms with Gasteiger partial charge in [-0.3, -0.25) is 0 Å². The highest BCUT2D eigenvalue weighted by atomic mass is 32.2. The molecule has 1 rings (SSSR count). The maximum absolute atomic E-state index is 11.6. The van der Waals surface area contributed by atoms with Crippen LogP contribution in [0.5, 0.6) is 11.5 Å². The van der Waals surface area contributed by atoms with Crippen LogP contribution < -0.4 is 0 Å². The topological polar surface area (TPSA) is 74.6 Å². The van der Waals surface area contributed by atoms with E-state index >= 15 is 0 Å². The largest absolute Gasteiger partial charge is 0.504 e. The van der Waals surface area contributed by atoms with Crippen LogP contribution in [0, 0.1) is 0 Å². The summed E-state index contributed by atoms with van der Waals surface area (Å²) in [5, 5.41) is 19.5. The molecular formula is C13H18O4S. The minimum absolute atomic E-state index is 0.140. The van der Waals surface area contributed by atoms with Crippen molar-refractivity contribution in [2.45, 2.75) is 26.2 Å². The number of sulfone groups is 1. The van der Waals surface area contributed by atoms with E-state index in [0.29, 0.717) is 12.0 Å². The van der Waals surface area contributed by atoms with Gasteiger partial charge in [0, 0.05) is 5.41 Å². The van der Waals surface area contributed by atoms with Crippen molar-refractivity contribution < 1.29 is 18.6 Å². The predicted molar refractivity (Wildman–Crippen MR) is 72.1 cm³/mol. The van der Waals surface area contributed by atoms with Crippen molar-refractivity contribution in [3.63, 3.8) is 0 Å². The Balaban J connectivity index is 2.70. The van der Waals surface area contributed by atoms with Crippen molar-refractivity contribution in [3.05, 3.63) is 29.2 Å². The molecule has 0 radical (unpaired) electrons. The van der Waals surface area contributed by atoms with Gasteiger partial charge in [0.2, 0.25) is 0 Å². The fraction of sp³-hybridized carbons (Fsp3) is 0.385. The van der Waals surface area contributed by atoms with Crippen molar-refractivity contribution in [1.29, 1.82) is 0 Å². The van der Waals surface area contributed by atoms with E-state index in [1.54, 1.807) is 0 Å². The molecule has 0 bridgehead atoms. The van der Waals surface area contributed by atoms with Crippen LogP contribution in [-0.4, -0.2) is 24.4 Å². The summed E-state index contributed by atoms with van der Waals surface area (Å²) in [6.07, 6.45) is 3.95. The summed E-state index contributed by atoms with van der Waals surface area (Å²) in [5.74, 6) is -0.347. The van der Waals surface area contributed by atoms with Gasteiger partial charge in [0.1, 0.15) is 0 Å². The first-order valence-electron chi connectivity index (χ1n) is 5.87. The lowest BCUT2D eigenvalue weighted by Gasteiger charge is -2.00. The fourth-order valence-electron chi connectivity index (χ4n) is 1.45. The highest BCUT2D eigenvalue weighted by molar-refractivity contribution is 7.94. The molecule has 2 N–H and O–H groups in total. The van der Waals surface area contributed by atoms with Gasteiger partial charge in [0.25, 0.3) is 0 Å². The Hall–Kier alpha value is -1.49. The highest BCUT2D eigenvalue weighted by Crippen LogP contribution is 2.25. The van der Waals surface area contributed by atoms with Crippen LogP contribution in [0.4, 0.5) is 0 Å². The fourth-order valence-corrected chi connectivity index (χ4v) is 2.55. The Morgan fingerprint density at radius 3 is 2.50 bits per heavy atom. The van der Waals surface area contributed by atoms with Gasteiger partial charge in [-0.25, -0.2) is 8.42 Å². The van der Waals surface area contributed by atoms with Gasteiger partial charge >= 0.3 is 0 Å². The van der Waals surface area contributed by atoms with Crippen molar-refractivity contribution >= 4 is 15.9 Å². The van der Waals surface area contributed by atoms with Crippen molar-refractivity contribution in [2.24, 2.45) is 0 Å². The van der Waals surface area contributed by atoms with Crippen LogP contribution in [-0.2, 0) is 9.84 Å². The molecule has 0 aliphatic carbocycles. The van der Waals surface area contributed by atoms with Crippen LogP contribution >= 0.6 is 0 Å². The van der Waals surface area contributed by atoms with E-state index in [1.807, 2.05) is 6.92 Å². The number of phenolic OH excluding ortho intramolecular Hbond substituents is 2. The third kappa shape index (κ3) is 4.79. The first-order valence-corrected chi connectivity index (χ1v) is 7.59. The Labute approximate surface area is 108 Å². The zero-order valence-corrected chi connectivity index (χ0v) is 11.2. The van der Waals surface area contributed by atoms with E-state index in [2.05, 4.69) is 0 Å². The molecule has 100 valence electrons. The predicted octanol–water partition coefficient (Wildman–Crippen LogP) is 2.67. The van der Waals surface area contributed by atoms with Crippen LogP contribution in [0.3, 0.4) is 0 Å². The molecule has 0 aromatic heterocycles. The Morgan fingerprint density at radius 1 is 1.17 bits per heavy atom. The summed E-state index contributed by atoms with van der Waals surface area (Å²) in [5.41, 5.74) is 0.532. The number of unbranched alkanes of at least 4 members (excludes halogenated alkanes) is 2. The Kier molecular flexibility index (Phi) is 5.22. The number of rotatable bonds is 6. The summed E-state index contributed by atoms with van der Waals surface area (Å²) < 4.78 is 23.3. The lowest BCUT2D eigenvalue weighted by molar-refractivity contribution is 0.403. The van der Waals surface area contributed by atoms with E-state index < -0.39 is 9.84 Å². The van der Waals surface area contributed by atoms with E-state index in [1.165, 1.54) is 24.3 Å². The molecule has 1 aromatic carbocycles. The molecule has 5 heteroatoms. The average molecular weight is 270 g/mol. The van der Waals surface area contributed by atoms with Crippen molar-refractivity contribution in [2.75, 3.05) is 5.75 Å². The average Bonchev–Trinajstić information content (AvgIpc) is 2.31. The van der Waals surface area contributed by atoms with Crippen LogP contribution in [0.15, 0.2) is 23.6 Å². The molecule has 0 aliphatic rings. The molecule has 4 nitrogen and oxygen atoms in total. The lowest BCUT2D eigenvalue weighted by Crippen LogP contribution is -2.01. The van der Waals surface area contributed by atoms with E-state index in [-0.39, 0.29) is 17.3 Å². The SMILES string of the molecule is CCCCCS(=O)(=O)/C=C/c1ccc(O)c(O)c1. The number of phenols is 2. The molecule has 0 fully saturated rings. The van der Waals surface area contributed by atoms with Gasteiger partial charge in [-0.05, 0) is 30.2 Å². The van der Waals surface area contributed by atoms with E-state index in [9.17, 15) is 13.5 Å². The maximum Gasteiger partial charge on any atom is 0.171 e. The molecule has 0 unspecified atom stereocenters. The molecule has 18 heavy (non-hydrogen) atoms. The normalized spacial score (nSPS) is 12.1. The van der Waals surface area contributed by atoms with Gasteiger partial charge in [-0.1, -0.05) is 25.8 Å². The van der Waals surface area contributed by atoms with Gasteiger partial charge < -0.3 is 10.2 Å². The molecule has 0 atom stereocenters. The quantitative estimate of drug-likeness (QED) is 0.615. The molecule has 1 aromatic rings. The van der Waals surface area contributed by atoms with Crippen LogP contribution in [0.2, 0.25) is 0 Å². The molecule has 0 saturated heterocycles. The summed E-state index contributed by atoms with van der Waals surface area (Å²) in [4.78, 5) is 0. The lowest BCUT2D eigenvalue weighted by atomic mass is 10.2. The highest BCUT2D eigenvalue weighted by Gasteiger charge is 2.05. The monoisotopic (exact) mass is 270 g/mol. The second-order valence-corrected chi connectivity index (χ2v) is 6.13. The van der Waals surface area contributed by atoms with Crippen molar-refractivity contribution in [3.8, 4) is 11.5 Å². The zero-order chi connectivity index (χ0) is 13.6. The third-order valence-corrected chi connectivity index (χ3v) is 3.91. The zero-order valence-electron chi connectivity index (χ0n) is 10.3. The Bertz CT molecular complexity index is 518. The molecule has 0 amide bonds. The second-order valence-electron chi connectivity index (χ2n) is 4.12. The summed E-state index contributed by atoms with van der Waals surface area (Å²) in [6, 6.07) is 4.17. The first-order chi connectivity index (χ1) is 8.44. The number of hydrogen-bond donors (Lipinski definition) is 2. The summed E-state index contributed by atoms with van der Waals surface area (Å²) in [6.45, 7) is 2.02. The summed E-state index contributed by atoms with van der Waals surface area (Å²) >= 11 is 0. The molecular weight excluding hydrogens is 252 g/mol. The van der Waals surface area contributed by atoms with Gasteiger partial charge in [0.15, 0.2) is 21.3 Å². The first kappa shape index (κ1) is 14.6. The third-order valence-electron chi connectivity index (χ3n) is 2.50.